The van der Waals surface area contributed by atoms with Crippen molar-refractivity contribution >= 4 is 40.1 Å². The molecule has 0 radical (unpaired) electrons. The number of allylic oxidation sites excluding steroid dienone is 1. The molecule has 1 atom stereocenters. The Kier molecular flexibility index (Phi) is 7.26. The molecule has 1 fully saturated rings. The number of hydrogen-bond donors (Lipinski definition) is 1. The Bertz CT molecular complexity index is 1320. The lowest BCUT2D eigenvalue weighted by Gasteiger charge is -2.26. The van der Waals surface area contributed by atoms with Crippen LogP contribution in [-0.2, 0) is 11.3 Å². The van der Waals surface area contributed by atoms with Crippen LogP contribution in [0, 0.1) is 17.2 Å². The van der Waals surface area contributed by atoms with Crippen molar-refractivity contribution in [3.8, 4) is 6.07 Å². The van der Waals surface area contributed by atoms with E-state index in [1.807, 2.05) is 48.7 Å². The summed E-state index contributed by atoms with van der Waals surface area (Å²) in [6.07, 6.45) is 0.579. The predicted molar refractivity (Wildman–Crippen MR) is 130 cm³/mol. The van der Waals surface area contributed by atoms with Gasteiger partial charge < -0.3 is 9.47 Å². The van der Waals surface area contributed by atoms with E-state index in [1.165, 1.54) is 12.1 Å². The highest BCUT2D eigenvalue weighted by Gasteiger charge is 2.32. The van der Waals surface area contributed by atoms with E-state index < -0.39 is 12.3 Å². The maximum absolute atomic E-state index is 13.1. The van der Waals surface area contributed by atoms with Gasteiger partial charge in [0.25, 0.3) is 18.2 Å². The Balaban J connectivity index is 1.62. The number of thiophene rings is 1. The topological polar surface area (TPSA) is 91.0 Å². The number of nitriles is 1. The number of hydrogen-bond acceptors (Lipinski definition) is 5. The SMILES string of the molecule is CC(C)/C=C(\C#N)C(=O)N1CCC[C@H]1Cn1c(NC(=O)c2ccc(C(F)F)s2)nc2ccccc21. The van der Waals surface area contributed by atoms with Gasteiger partial charge in [-0.1, -0.05) is 32.1 Å². The molecule has 0 bridgehead atoms. The number of amides is 2. The summed E-state index contributed by atoms with van der Waals surface area (Å²) >= 11 is 0.740. The van der Waals surface area contributed by atoms with E-state index >= 15 is 0 Å². The molecule has 0 spiro atoms. The second-order valence-corrected chi connectivity index (χ2v) is 9.84. The quantitative estimate of drug-likeness (QED) is 0.350. The summed E-state index contributed by atoms with van der Waals surface area (Å²) in [6, 6.07) is 11.8. The first-order chi connectivity index (χ1) is 16.8. The molecule has 3 heterocycles. The third-order valence-electron chi connectivity index (χ3n) is 5.83. The number of benzene rings is 1. The summed E-state index contributed by atoms with van der Waals surface area (Å²) in [6.45, 7) is 4.74. The molecule has 3 aromatic rings. The second kappa shape index (κ2) is 10.4. The van der Waals surface area contributed by atoms with Crippen LogP contribution in [0.2, 0.25) is 0 Å². The first kappa shape index (κ1) is 24.5. The van der Waals surface area contributed by atoms with E-state index in [-0.39, 0.29) is 39.1 Å². The Morgan fingerprint density at radius 1 is 1.29 bits per heavy atom. The molecule has 10 heteroatoms. The smallest absolute Gasteiger partial charge is 0.272 e. The number of anilines is 1. The summed E-state index contributed by atoms with van der Waals surface area (Å²) in [7, 11) is 0. The van der Waals surface area contributed by atoms with E-state index in [2.05, 4.69) is 10.3 Å². The number of fused-ring (bicyclic) bond motifs is 1. The Hall–Kier alpha value is -3.58. The highest BCUT2D eigenvalue weighted by Crippen LogP contribution is 2.29. The molecule has 182 valence electrons. The minimum absolute atomic E-state index is 0.0666. The molecule has 1 saturated heterocycles. The van der Waals surface area contributed by atoms with Crippen LogP contribution in [0.25, 0.3) is 11.0 Å². The molecule has 4 rings (SSSR count). The molecule has 35 heavy (non-hydrogen) atoms. The number of rotatable bonds is 7. The molecular weight excluding hydrogens is 472 g/mol. The number of halogens is 2. The fourth-order valence-electron chi connectivity index (χ4n) is 4.26. The summed E-state index contributed by atoms with van der Waals surface area (Å²) in [5.74, 6) is -0.473. The van der Waals surface area contributed by atoms with Crippen LogP contribution in [0.5, 0.6) is 0 Å². The second-order valence-electron chi connectivity index (χ2n) is 8.72. The molecule has 1 aliphatic rings. The number of likely N-dealkylation sites (tertiary alicyclic amines) is 1. The number of nitrogens with zero attached hydrogens (tertiary/aromatic N) is 4. The maximum Gasteiger partial charge on any atom is 0.272 e. The van der Waals surface area contributed by atoms with E-state index in [0.29, 0.717) is 18.6 Å². The molecule has 2 amide bonds. The first-order valence-corrected chi connectivity index (χ1v) is 12.2. The van der Waals surface area contributed by atoms with Crippen molar-refractivity contribution in [1.82, 2.24) is 14.5 Å². The van der Waals surface area contributed by atoms with Crippen molar-refractivity contribution in [2.75, 3.05) is 11.9 Å². The Labute approximate surface area is 205 Å². The number of carbonyl (C=O) groups excluding carboxylic acids is 2. The number of imidazole rings is 1. The van der Waals surface area contributed by atoms with Gasteiger partial charge in [0, 0.05) is 13.1 Å². The number of para-hydroxylation sites is 2. The fraction of sp³-hybridized carbons (Fsp3) is 0.360. The molecule has 0 unspecified atom stereocenters. The standard InChI is InChI=1S/C25H25F2N5O2S/c1-15(2)12-16(13-28)24(34)31-11-5-6-17(31)14-32-19-8-4-3-7-18(19)29-25(32)30-23(33)21-10-9-20(35-21)22(26)27/h3-4,7-10,12,15,17,22H,5-6,11,14H2,1-2H3,(H,29,30,33)/b16-12+/t17-/m0/s1. The van der Waals surface area contributed by atoms with Gasteiger partial charge in [0.15, 0.2) is 0 Å². The fourth-order valence-corrected chi connectivity index (χ4v) is 5.02. The van der Waals surface area contributed by atoms with Gasteiger partial charge in [-0.3, -0.25) is 14.9 Å². The van der Waals surface area contributed by atoms with Crippen LogP contribution < -0.4 is 5.32 Å². The number of carbonyl (C=O) groups is 2. The lowest BCUT2D eigenvalue weighted by molar-refractivity contribution is -0.127. The minimum atomic E-state index is -2.64. The number of alkyl halides is 2. The van der Waals surface area contributed by atoms with Gasteiger partial charge >= 0.3 is 0 Å². The highest BCUT2D eigenvalue weighted by molar-refractivity contribution is 7.14. The lowest BCUT2D eigenvalue weighted by atomic mass is 10.1. The van der Waals surface area contributed by atoms with Crippen molar-refractivity contribution in [1.29, 1.82) is 5.26 Å². The van der Waals surface area contributed by atoms with Gasteiger partial charge in [0.1, 0.15) is 11.6 Å². The average Bonchev–Trinajstić information content (AvgIpc) is 3.56. The molecule has 1 N–H and O–H groups in total. The third-order valence-corrected chi connectivity index (χ3v) is 6.92. The summed E-state index contributed by atoms with van der Waals surface area (Å²) in [4.78, 5) is 32.2. The zero-order chi connectivity index (χ0) is 25.1. The third kappa shape index (κ3) is 5.25. The van der Waals surface area contributed by atoms with Crippen molar-refractivity contribution < 1.29 is 18.4 Å². The van der Waals surface area contributed by atoms with Crippen LogP contribution in [0.1, 0.15) is 47.7 Å². The molecule has 2 aromatic heterocycles. The van der Waals surface area contributed by atoms with Crippen LogP contribution >= 0.6 is 11.3 Å². The summed E-state index contributed by atoms with van der Waals surface area (Å²) in [5, 5.41) is 12.3. The van der Waals surface area contributed by atoms with Crippen molar-refractivity contribution in [3.05, 3.63) is 57.8 Å². The van der Waals surface area contributed by atoms with Gasteiger partial charge in [-0.2, -0.15) is 5.26 Å². The Morgan fingerprint density at radius 3 is 2.74 bits per heavy atom. The zero-order valence-corrected chi connectivity index (χ0v) is 20.2. The normalized spacial score (nSPS) is 16.3. The monoisotopic (exact) mass is 497 g/mol. The molecule has 7 nitrogen and oxygen atoms in total. The van der Waals surface area contributed by atoms with E-state index in [0.717, 1.165) is 29.7 Å². The summed E-state index contributed by atoms with van der Waals surface area (Å²) < 4.78 is 27.8. The van der Waals surface area contributed by atoms with Crippen molar-refractivity contribution in [2.45, 2.75) is 45.7 Å². The molecule has 1 aliphatic heterocycles. The Morgan fingerprint density at radius 2 is 2.06 bits per heavy atom. The molecular formula is C25H25F2N5O2S. The minimum Gasteiger partial charge on any atom is -0.333 e. The van der Waals surface area contributed by atoms with E-state index in [1.54, 1.807) is 11.0 Å². The predicted octanol–water partition coefficient (Wildman–Crippen LogP) is 5.38. The van der Waals surface area contributed by atoms with E-state index in [9.17, 15) is 23.6 Å². The van der Waals surface area contributed by atoms with E-state index in [4.69, 9.17) is 0 Å². The number of nitrogens with one attached hydrogen (secondary N) is 1. The number of aromatic nitrogens is 2. The lowest BCUT2D eigenvalue weighted by Crippen LogP contribution is -2.39. The average molecular weight is 498 g/mol. The van der Waals surface area contributed by atoms with Crippen molar-refractivity contribution in [2.24, 2.45) is 5.92 Å². The van der Waals surface area contributed by atoms with Crippen LogP contribution in [0.4, 0.5) is 14.7 Å². The van der Waals surface area contributed by atoms with Crippen molar-refractivity contribution in [3.63, 3.8) is 0 Å². The molecule has 0 saturated carbocycles. The summed E-state index contributed by atoms with van der Waals surface area (Å²) in [5.41, 5.74) is 1.57. The van der Waals surface area contributed by atoms with Gasteiger partial charge in [-0.05, 0) is 43.0 Å². The van der Waals surface area contributed by atoms with Gasteiger partial charge in [0.2, 0.25) is 5.95 Å². The van der Waals surface area contributed by atoms with Crippen LogP contribution in [0.3, 0.4) is 0 Å². The largest absolute Gasteiger partial charge is 0.333 e. The molecule has 0 aliphatic carbocycles. The first-order valence-electron chi connectivity index (χ1n) is 11.4. The van der Waals surface area contributed by atoms with Gasteiger partial charge in [-0.25, -0.2) is 13.8 Å². The van der Waals surface area contributed by atoms with Gasteiger partial charge in [-0.15, -0.1) is 11.3 Å². The van der Waals surface area contributed by atoms with Crippen LogP contribution in [0.15, 0.2) is 48.0 Å². The zero-order valence-electron chi connectivity index (χ0n) is 19.4. The molecule has 1 aromatic carbocycles. The van der Waals surface area contributed by atoms with Gasteiger partial charge in [0.05, 0.1) is 26.8 Å². The highest BCUT2D eigenvalue weighted by atomic mass is 32.1. The van der Waals surface area contributed by atoms with Crippen LogP contribution in [-0.4, -0.2) is 38.9 Å². The maximum atomic E-state index is 13.1.